The van der Waals surface area contributed by atoms with Crippen LogP contribution in [0.4, 0.5) is 28.9 Å². The van der Waals surface area contributed by atoms with E-state index in [9.17, 15) is 41.3 Å². The average molecular weight is 926 g/mol. The predicted molar refractivity (Wildman–Crippen MR) is 208 cm³/mol. The number of aromatic nitrogens is 5. The zero-order valence-electron chi connectivity index (χ0n) is 31.5. The van der Waals surface area contributed by atoms with Gasteiger partial charge in [-0.3, -0.25) is 29.2 Å². The van der Waals surface area contributed by atoms with Crippen molar-refractivity contribution in [2.24, 2.45) is 10.4 Å². The summed E-state index contributed by atoms with van der Waals surface area (Å²) >= 11 is 12.7. The quantitative estimate of drug-likeness (QED) is 0.0623. The average Bonchev–Trinajstić information content (AvgIpc) is 3.75. The fourth-order valence-corrected chi connectivity index (χ4v) is 7.15. The van der Waals surface area contributed by atoms with Gasteiger partial charge in [0.15, 0.2) is 18.2 Å². The molecule has 18 nitrogen and oxygen atoms in total. The van der Waals surface area contributed by atoms with E-state index in [-0.39, 0.29) is 57.6 Å². The highest BCUT2D eigenvalue weighted by Crippen LogP contribution is 2.38. The van der Waals surface area contributed by atoms with Crippen molar-refractivity contribution in [2.45, 2.75) is 52.1 Å². The van der Waals surface area contributed by atoms with Crippen molar-refractivity contribution in [1.82, 2.24) is 28.6 Å². The number of nitrogens with zero attached hydrogens (tertiary/aromatic N) is 7. The number of rotatable bonds is 11. The van der Waals surface area contributed by atoms with E-state index in [2.05, 4.69) is 39.5 Å². The second kappa shape index (κ2) is 19.5. The van der Waals surface area contributed by atoms with Crippen molar-refractivity contribution >= 4 is 71.6 Å². The van der Waals surface area contributed by atoms with Crippen molar-refractivity contribution in [3.63, 3.8) is 0 Å². The van der Waals surface area contributed by atoms with Gasteiger partial charge in [0.2, 0.25) is 4.80 Å². The van der Waals surface area contributed by atoms with Gasteiger partial charge in [-0.05, 0) is 36.1 Å². The van der Waals surface area contributed by atoms with Gasteiger partial charge in [0.25, 0.3) is 5.91 Å². The van der Waals surface area contributed by atoms with Gasteiger partial charge in [-0.15, -0.1) is 23.1 Å². The summed E-state index contributed by atoms with van der Waals surface area (Å²) in [6, 6.07) is 4.65. The van der Waals surface area contributed by atoms with E-state index < -0.39 is 67.3 Å². The minimum Gasteiger partial charge on any atom is -0.481 e. The van der Waals surface area contributed by atoms with Crippen LogP contribution in [0.5, 0.6) is 5.75 Å². The van der Waals surface area contributed by atoms with E-state index >= 15 is 0 Å². The third-order valence-corrected chi connectivity index (χ3v) is 10.3. The topological polar surface area (TPSA) is 244 Å². The van der Waals surface area contributed by atoms with E-state index in [0.717, 1.165) is 37.8 Å². The Kier molecular flexibility index (Phi) is 15.5. The maximum Gasteiger partial charge on any atom is 0.355 e. The van der Waals surface area contributed by atoms with Crippen LogP contribution >= 0.6 is 42.3 Å². The Morgan fingerprint density at radius 2 is 1.83 bits per heavy atom. The van der Waals surface area contributed by atoms with Crippen molar-refractivity contribution in [3.8, 4) is 23.8 Å². The number of benzene rings is 2. The number of hydrogen-bond acceptors (Lipinski definition) is 11. The van der Waals surface area contributed by atoms with Crippen LogP contribution in [-0.4, -0.2) is 92.5 Å². The Balaban J connectivity index is 0.000000218. The number of aryl methyl sites for hydroxylation is 1. The summed E-state index contributed by atoms with van der Waals surface area (Å²) in [7, 11) is -4.10. The number of hydrogen-bond donors (Lipinski definition) is 5. The van der Waals surface area contributed by atoms with E-state index in [1.807, 2.05) is 4.57 Å². The number of halogens is 6. The third-order valence-electron chi connectivity index (χ3n) is 8.22. The van der Waals surface area contributed by atoms with E-state index in [0.29, 0.717) is 20.9 Å². The van der Waals surface area contributed by atoms with Gasteiger partial charge in [0.1, 0.15) is 34.2 Å². The van der Waals surface area contributed by atoms with Crippen molar-refractivity contribution < 1.29 is 61.2 Å². The van der Waals surface area contributed by atoms with Gasteiger partial charge in [0.05, 0.1) is 25.1 Å². The number of nitrogens with one attached hydrogen (secondary N) is 1. The van der Waals surface area contributed by atoms with Crippen LogP contribution in [-0.2, 0) is 38.3 Å². The fourth-order valence-electron chi connectivity index (χ4n) is 5.59. The number of anilines is 1. The molecule has 2 aromatic heterocycles. The van der Waals surface area contributed by atoms with Gasteiger partial charge < -0.3 is 29.3 Å². The molecule has 0 fully saturated rings. The molecule has 0 saturated carbocycles. The molecular weight excluding hydrogens is 890 g/mol. The molecule has 0 saturated heterocycles. The first kappa shape index (κ1) is 47.6. The molecule has 0 aliphatic carbocycles. The zero-order valence-corrected chi connectivity index (χ0v) is 34.7. The summed E-state index contributed by atoms with van der Waals surface area (Å²) in [6.07, 6.45) is 5.36. The van der Waals surface area contributed by atoms with E-state index in [1.54, 1.807) is 0 Å². The molecule has 4 aromatic rings. The first-order valence-corrected chi connectivity index (χ1v) is 20.4. The number of carboxylic acids is 2. The number of carbonyl (C=O) groups excluding carboxylic acids is 1. The summed E-state index contributed by atoms with van der Waals surface area (Å²) in [5, 5.41) is 21.0. The lowest BCUT2D eigenvalue weighted by molar-refractivity contribution is -0.137. The predicted octanol–water partition coefficient (Wildman–Crippen LogP) is 3.82. The molecule has 1 atom stereocenters. The number of alkyl halides is 3. The Hall–Kier alpha value is -5.08. The number of aliphatic carboxylic acids is 2. The lowest BCUT2D eigenvalue weighted by Crippen LogP contribution is -2.39. The van der Waals surface area contributed by atoms with Gasteiger partial charge in [-0.1, -0.05) is 31.4 Å². The molecule has 0 bridgehead atoms. The van der Waals surface area contributed by atoms with Crippen LogP contribution in [0.15, 0.2) is 34.1 Å². The monoisotopic (exact) mass is 924 g/mol. The third kappa shape index (κ3) is 12.0. The molecule has 60 heavy (non-hydrogen) atoms. The first-order valence-electron chi connectivity index (χ1n) is 17.0. The highest BCUT2D eigenvalue weighted by Gasteiger charge is 2.31. The summed E-state index contributed by atoms with van der Waals surface area (Å²) in [5.41, 5.74) is -0.865. The number of amides is 1. The molecular formula is C34H35Cl2F4N8O10PS. The Morgan fingerprint density at radius 1 is 1.15 bits per heavy atom. The van der Waals surface area contributed by atoms with Crippen LogP contribution in [0.25, 0.3) is 5.69 Å². The highest BCUT2D eigenvalue weighted by molar-refractivity contribution is 7.51. The van der Waals surface area contributed by atoms with Crippen molar-refractivity contribution in [1.29, 1.82) is 0 Å². The minimum atomic E-state index is -4.10. The molecule has 26 heteroatoms. The van der Waals surface area contributed by atoms with E-state index in [4.69, 9.17) is 54.4 Å². The van der Waals surface area contributed by atoms with Crippen molar-refractivity contribution in [3.05, 3.63) is 73.4 Å². The van der Waals surface area contributed by atoms with Gasteiger partial charge in [-0.25, -0.2) is 23.1 Å². The highest BCUT2D eigenvalue weighted by atomic mass is 35.5. The fraction of sp³-hybridized carbons (Fsp3) is 0.382. The van der Waals surface area contributed by atoms with Crippen LogP contribution in [0.2, 0.25) is 5.02 Å². The van der Waals surface area contributed by atoms with Gasteiger partial charge in [-0.2, -0.15) is 17.8 Å². The Bertz CT molecular complexity index is 2520. The molecule has 2 aliphatic rings. The second-order valence-corrected chi connectivity index (χ2v) is 16.9. The summed E-state index contributed by atoms with van der Waals surface area (Å²) < 4.78 is 76.7. The summed E-state index contributed by atoms with van der Waals surface area (Å²) in [4.78, 5) is 67.5. The molecule has 0 spiro atoms. The number of ether oxygens (including phenoxy) is 1. The van der Waals surface area contributed by atoms with Crippen LogP contribution in [0.3, 0.4) is 0 Å². The molecule has 2 aromatic carbocycles. The smallest absolute Gasteiger partial charge is 0.355 e. The molecule has 2 aliphatic heterocycles. The molecule has 4 heterocycles. The summed E-state index contributed by atoms with van der Waals surface area (Å²) in [6.45, 7) is 2.64. The van der Waals surface area contributed by atoms with Crippen LogP contribution in [0.1, 0.15) is 37.6 Å². The molecule has 5 N–H and O–H groups in total. The maximum absolute atomic E-state index is 14.5. The maximum atomic E-state index is 14.5. The molecule has 324 valence electrons. The molecule has 1 unspecified atom stereocenters. The number of fused-ring (bicyclic) bond motifs is 2. The first-order chi connectivity index (χ1) is 27.9. The lowest BCUT2D eigenvalue weighted by atomic mass is 9.92. The number of carbonyl (C=O) groups is 3. The Morgan fingerprint density at radius 3 is 2.42 bits per heavy atom. The molecule has 6 rings (SSSR count). The zero-order chi connectivity index (χ0) is 44.9. The Labute approximate surface area is 351 Å². The molecule has 0 radical (unpaired) electrons. The normalized spacial score (nSPS) is 14.9. The number of terminal acetylenes is 1. The van der Waals surface area contributed by atoms with Gasteiger partial charge in [0, 0.05) is 42.0 Å². The van der Waals surface area contributed by atoms with E-state index in [1.165, 1.54) is 28.6 Å². The van der Waals surface area contributed by atoms with Crippen molar-refractivity contribution in [2.75, 3.05) is 30.9 Å². The van der Waals surface area contributed by atoms with Gasteiger partial charge >= 0.3 is 31.8 Å². The largest absolute Gasteiger partial charge is 0.481 e. The van der Waals surface area contributed by atoms with Crippen LogP contribution in [0, 0.1) is 36.3 Å². The van der Waals surface area contributed by atoms with Crippen LogP contribution < -0.4 is 25.4 Å². The second-order valence-electron chi connectivity index (χ2n) is 13.6. The minimum absolute atomic E-state index is 0.0926. The standard InChI is InChI=1S/C18H17FN4O2S.C13H10Cl2F3N3O3.C3H8NO5P/c1-4-5-22-13-7-12(11(19)6-14(13)25-9-16(22)24)20-17-23-10-18(2,3)8-15(23)21-26-17;1-5-19-21(13(24)20(5)12(17)18)10-3-6(2-8(15)11(22)23)7(14)4-9(10)16;5-3(6)1-4-2-10(7,8)9/h1,6-7H,5,8-10H2,2-3H3;3-4,8,12H,2H2,1H3,(H,22,23);4H,1-2H2,(H,5,6)(H2,7,8,9)/b20-17-;;. The molecule has 1 amide bonds. The number of carboxylic acid groups (broad SMARTS) is 2. The lowest BCUT2D eigenvalue weighted by Gasteiger charge is -2.28. The SMILES string of the molecule is C#CCN1C(=O)COc2cc(F)c(/N=c3\snc4n3CC(C)(C)C4)cc21.Cc1nn(-c2cc(CC(Cl)C(=O)O)c(Cl)cc2F)c(=O)n1C(F)F.O=C(O)CNCP(=O)(O)O. The summed E-state index contributed by atoms with van der Waals surface area (Å²) in [5.74, 6) is -0.828.